The molecule has 2 unspecified atom stereocenters. The van der Waals surface area contributed by atoms with Gasteiger partial charge in [-0.3, -0.25) is 0 Å². The van der Waals surface area contributed by atoms with Gasteiger partial charge in [-0.05, 0) is 63.2 Å². The van der Waals surface area contributed by atoms with E-state index in [0.29, 0.717) is 0 Å². The molecular weight excluding hydrogens is 206 g/mol. The second-order valence-electron chi connectivity index (χ2n) is 5.57. The van der Waals surface area contributed by atoms with Crippen LogP contribution < -0.4 is 5.32 Å². The summed E-state index contributed by atoms with van der Waals surface area (Å²) in [6.45, 7) is 5.64. The van der Waals surface area contributed by atoms with Crippen molar-refractivity contribution in [3.63, 3.8) is 0 Å². The van der Waals surface area contributed by atoms with E-state index in [1.807, 2.05) is 0 Å². The van der Waals surface area contributed by atoms with E-state index in [4.69, 9.17) is 0 Å². The Morgan fingerprint density at radius 2 is 1.94 bits per heavy atom. The standard InChI is InChI=1S/C16H25N/c1-12-8-9-13(2)16(10-12)15-7-5-4-6-14(15)11-17-3/h8-10,14-15,17H,4-7,11H2,1-3H3. The summed E-state index contributed by atoms with van der Waals surface area (Å²) in [5.74, 6) is 1.60. The third kappa shape index (κ3) is 2.90. The number of hydrogen-bond acceptors (Lipinski definition) is 1. The lowest BCUT2D eigenvalue weighted by Gasteiger charge is -2.33. The molecule has 0 spiro atoms. The zero-order chi connectivity index (χ0) is 12.3. The first-order chi connectivity index (χ1) is 8.22. The molecule has 1 aromatic carbocycles. The van der Waals surface area contributed by atoms with E-state index >= 15 is 0 Å². The number of nitrogens with one attached hydrogen (secondary N) is 1. The van der Waals surface area contributed by atoms with Crippen molar-refractivity contribution in [2.45, 2.75) is 45.4 Å². The third-order valence-electron chi connectivity index (χ3n) is 4.21. The van der Waals surface area contributed by atoms with E-state index in [0.717, 1.165) is 18.4 Å². The van der Waals surface area contributed by atoms with Gasteiger partial charge < -0.3 is 5.32 Å². The van der Waals surface area contributed by atoms with Crippen molar-refractivity contribution in [3.8, 4) is 0 Å². The molecule has 0 heterocycles. The number of hydrogen-bond donors (Lipinski definition) is 1. The molecule has 2 atom stereocenters. The number of rotatable bonds is 3. The quantitative estimate of drug-likeness (QED) is 0.834. The van der Waals surface area contributed by atoms with Crippen LogP contribution in [0.25, 0.3) is 0 Å². The van der Waals surface area contributed by atoms with Gasteiger partial charge in [-0.15, -0.1) is 0 Å². The summed E-state index contributed by atoms with van der Waals surface area (Å²) in [6.07, 6.45) is 5.57. The average molecular weight is 231 g/mol. The van der Waals surface area contributed by atoms with Crippen molar-refractivity contribution in [3.05, 3.63) is 34.9 Å². The van der Waals surface area contributed by atoms with Crippen LogP contribution in [0.2, 0.25) is 0 Å². The van der Waals surface area contributed by atoms with Gasteiger partial charge in [0, 0.05) is 0 Å². The molecule has 1 saturated carbocycles. The monoisotopic (exact) mass is 231 g/mol. The molecule has 0 saturated heterocycles. The summed E-state index contributed by atoms with van der Waals surface area (Å²) < 4.78 is 0. The van der Waals surface area contributed by atoms with Crippen molar-refractivity contribution in [1.29, 1.82) is 0 Å². The van der Waals surface area contributed by atoms with E-state index in [1.54, 1.807) is 5.56 Å². The highest BCUT2D eigenvalue weighted by atomic mass is 14.8. The molecule has 1 N–H and O–H groups in total. The minimum Gasteiger partial charge on any atom is -0.319 e. The highest BCUT2D eigenvalue weighted by Crippen LogP contribution is 2.38. The van der Waals surface area contributed by atoms with Gasteiger partial charge in [0.25, 0.3) is 0 Å². The molecule has 1 nitrogen and oxygen atoms in total. The normalized spacial score (nSPS) is 24.9. The molecule has 1 aromatic rings. The molecule has 94 valence electrons. The van der Waals surface area contributed by atoms with Crippen LogP contribution in [0.4, 0.5) is 0 Å². The SMILES string of the molecule is CNCC1CCCCC1c1cc(C)ccc1C. The van der Waals surface area contributed by atoms with Gasteiger partial charge in [-0.2, -0.15) is 0 Å². The Morgan fingerprint density at radius 1 is 1.18 bits per heavy atom. The molecule has 0 bridgehead atoms. The van der Waals surface area contributed by atoms with Gasteiger partial charge in [0.05, 0.1) is 0 Å². The fourth-order valence-corrected chi connectivity index (χ4v) is 3.28. The smallest absolute Gasteiger partial charge is 0.00177 e. The number of aryl methyl sites for hydroxylation is 2. The maximum absolute atomic E-state index is 3.37. The summed E-state index contributed by atoms with van der Waals surface area (Å²) in [7, 11) is 2.08. The molecule has 0 amide bonds. The molecule has 1 fully saturated rings. The Balaban J connectivity index is 2.25. The zero-order valence-electron chi connectivity index (χ0n) is 11.4. The Labute approximate surface area is 106 Å². The molecule has 1 aliphatic carbocycles. The van der Waals surface area contributed by atoms with Gasteiger partial charge in [0.2, 0.25) is 0 Å². The molecule has 17 heavy (non-hydrogen) atoms. The Bertz CT molecular complexity index is 368. The first-order valence-corrected chi connectivity index (χ1v) is 6.94. The van der Waals surface area contributed by atoms with E-state index in [-0.39, 0.29) is 0 Å². The molecule has 1 aliphatic rings. The Hall–Kier alpha value is -0.820. The molecule has 0 radical (unpaired) electrons. The minimum atomic E-state index is 0.774. The van der Waals surface area contributed by atoms with Gasteiger partial charge in [0.15, 0.2) is 0 Å². The fourth-order valence-electron chi connectivity index (χ4n) is 3.28. The van der Waals surface area contributed by atoms with E-state index in [1.165, 1.54) is 36.8 Å². The van der Waals surface area contributed by atoms with Crippen LogP contribution in [0.3, 0.4) is 0 Å². The average Bonchev–Trinajstić information content (AvgIpc) is 2.34. The summed E-state index contributed by atoms with van der Waals surface area (Å²) in [6, 6.07) is 6.93. The van der Waals surface area contributed by atoms with Crippen LogP contribution in [0.1, 0.15) is 48.3 Å². The highest BCUT2D eigenvalue weighted by molar-refractivity contribution is 5.34. The largest absolute Gasteiger partial charge is 0.319 e. The summed E-state index contributed by atoms with van der Waals surface area (Å²) in [4.78, 5) is 0. The van der Waals surface area contributed by atoms with E-state index < -0.39 is 0 Å². The Morgan fingerprint density at radius 3 is 2.71 bits per heavy atom. The van der Waals surface area contributed by atoms with Crippen molar-refractivity contribution >= 4 is 0 Å². The van der Waals surface area contributed by atoms with Crippen LogP contribution in [0.15, 0.2) is 18.2 Å². The summed E-state index contributed by atoms with van der Waals surface area (Å²) in [5, 5.41) is 3.37. The van der Waals surface area contributed by atoms with Crippen molar-refractivity contribution in [1.82, 2.24) is 5.32 Å². The van der Waals surface area contributed by atoms with Crippen LogP contribution in [-0.2, 0) is 0 Å². The minimum absolute atomic E-state index is 0.774. The highest BCUT2D eigenvalue weighted by Gasteiger charge is 2.26. The predicted molar refractivity (Wildman–Crippen MR) is 74.5 cm³/mol. The maximum Gasteiger partial charge on any atom is -0.00177 e. The maximum atomic E-state index is 3.37. The van der Waals surface area contributed by atoms with Crippen LogP contribution in [0, 0.1) is 19.8 Å². The first kappa shape index (κ1) is 12.6. The fraction of sp³-hybridized carbons (Fsp3) is 0.625. The second-order valence-corrected chi connectivity index (χ2v) is 5.57. The van der Waals surface area contributed by atoms with Crippen LogP contribution >= 0.6 is 0 Å². The lowest BCUT2D eigenvalue weighted by Crippen LogP contribution is -2.27. The third-order valence-corrected chi connectivity index (χ3v) is 4.21. The van der Waals surface area contributed by atoms with E-state index in [2.05, 4.69) is 44.4 Å². The van der Waals surface area contributed by atoms with Crippen LogP contribution in [0.5, 0.6) is 0 Å². The summed E-state index contributed by atoms with van der Waals surface area (Å²) in [5.41, 5.74) is 4.48. The van der Waals surface area contributed by atoms with Gasteiger partial charge in [0.1, 0.15) is 0 Å². The zero-order valence-corrected chi connectivity index (χ0v) is 11.4. The second kappa shape index (κ2) is 5.68. The lowest BCUT2D eigenvalue weighted by molar-refractivity contribution is 0.300. The topological polar surface area (TPSA) is 12.0 Å². The first-order valence-electron chi connectivity index (χ1n) is 6.94. The number of benzene rings is 1. The molecule has 1 heteroatoms. The molecule has 2 rings (SSSR count). The van der Waals surface area contributed by atoms with Gasteiger partial charge in [-0.1, -0.05) is 36.6 Å². The van der Waals surface area contributed by atoms with Crippen molar-refractivity contribution in [2.24, 2.45) is 5.92 Å². The summed E-state index contributed by atoms with van der Waals surface area (Å²) >= 11 is 0. The lowest BCUT2D eigenvalue weighted by atomic mass is 9.74. The van der Waals surface area contributed by atoms with Crippen molar-refractivity contribution in [2.75, 3.05) is 13.6 Å². The van der Waals surface area contributed by atoms with Crippen molar-refractivity contribution < 1.29 is 0 Å². The molecule has 0 aromatic heterocycles. The molecule has 0 aliphatic heterocycles. The predicted octanol–water partition coefficient (Wildman–Crippen LogP) is 3.80. The molecular formula is C16H25N. The van der Waals surface area contributed by atoms with Gasteiger partial charge in [-0.25, -0.2) is 0 Å². The van der Waals surface area contributed by atoms with E-state index in [9.17, 15) is 0 Å². The Kier molecular flexibility index (Phi) is 4.22. The van der Waals surface area contributed by atoms with Gasteiger partial charge >= 0.3 is 0 Å². The van der Waals surface area contributed by atoms with Crippen LogP contribution in [-0.4, -0.2) is 13.6 Å².